The molecule has 1 aromatic carbocycles. The van der Waals surface area contributed by atoms with Gasteiger partial charge in [0.1, 0.15) is 5.75 Å². The number of pyridine rings is 1. The Morgan fingerprint density at radius 3 is 2.57 bits per heavy atom. The molecule has 0 spiro atoms. The van der Waals surface area contributed by atoms with Gasteiger partial charge in [0.15, 0.2) is 0 Å². The lowest BCUT2D eigenvalue weighted by molar-refractivity contribution is -0.133. The van der Waals surface area contributed by atoms with Crippen LogP contribution in [0.3, 0.4) is 0 Å². The number of aryl methyl sites for hydroxylation is 1. The quantitative estimate of drug-likeness (QED) is 0.845. The SMILES string of the molecule is COc1ccc(C)cc1NC(=O)C(=O)Nc1cccnc1. The van der Waals surface area contributed by atoms with E-state index in [4.69, 9.17) is 4.74 Å². The van der Waals surface area contributed by atoms with E-state index in [-0.39, 0.29) is 0 Å². The lowest BCUT2D eigenvalue weighted by Gasteiger charge is -2.11. The molecule has 0 saturated heterocycles. The number of carbonyl (C=O) groups is 2. The highest BCUT2D eigenvalue weighted by molar-refractivity contribution is 6.43. The molecule has 0 radical (unpaired) electrons. The second-order valence-electron chi connectivity index (χ2n) is 4.35. The number of hydrogen-bond donors (Lipinski definition) is 2. The predicted octanol–water partition coefficient (Wildman–Crippen LogP) is 1.98. The average Bonchev–Trinajstić information content (AvgIpc) is 2.48. The first kappa shape index (κ1) is 14.5. The Balaban J connectivity index is 2.07. The number of hydrogen-bond acceptors (Lipinski definition) is 4. The fourth-order valence-corrected chi connectivity index (χ4v) is 1.72. The summed E-state index contributed by atoms with van der Waals surface area (Å²) in [5.74, 6) is -1.06. The summed E-state index contributed by atoms with van der Waals surface area (Å²) in [6, 6.07) is 8.62. The van der Waals surface area contributed by atoms with Gasteiger partial charge in [-0.25, -0.2) is 0 Å². The standard InChI is InChI=1S/C15H15N3O3/c1-10-5-6-13(21-2)12(8-10)18-15(20)14(19)17-11-4-3-7-16-9-11/h3-9H,1-2H3,(H,17,19)(H,18,20). The molecule has 0 aliphatic rings. The number of anilines is 2. The van der Waals surface area contributed by atoms with Gasteiger partial charge in [-0.3, -0.25) is 14.6 Å². The smallest absolute Gasteiger partial charge is 0.314 e. The summed E-state index contributed by atoms with van der Waals surface area (Å²) >= 11 is 0. The van der Waals surface area contributed by atoms with Crippen LogP contribution in [0.2, 0.25) is 0 Å². The van der Waals surface area contributed by atoms with Crippen molar-refractivity contribution in [3.05, 3.63) is 48.3 Å². The number of nitrogens with zero attached hydrogens (tertiary/aromatic N) is 1. The molecular formula is C15H15N3O3. The number of amides is 2. The highest BCUT2D eigenvalue weighted by Gasteiger charge is 2.16. The fourth-order valence-electron chi connectivity index (χ4n) is 1.72. The Labute approximate surface area is 122 Å². The predicted molar refractivity (Wildman–Crippen MR) is 79.2 cm³/mol. The van der Waals surface area contributed by atoms with Gasteiger partial charge in [0.2, 0.25) is 0 Å². The number of aromatic nitrogens is 1. The molecule has 1 heterocycles. The van der Waals surface area contributed by atoms with Crippen LogP contribution in [-0.2, 0) is 9.59 Å². The van der Waals surface area contributed by atoms with Crippen molar-refractivity contribution in [3.8, 4) is 5.75 Å². The lowest BCUT2D eigenvalue weighted by atomic mass is 10.2. The Kier molecular flexibility index (Phi) is 4.50. The first-order valence-corrected chi connectivity index (χ1v) is 6.27. The first-order chi connectivity index (χ1) is 10.1. The Morgan fingerprint density at radius 2 is 1.90 bits per heavy atom. The van der Waals surface area contributed by atoms with Crippen molar-refractivity contribution in [1.82, 2.24) is 4.98 Å². The van der Waals surface area contributed by atoms with Gasteiger partial charge in [0.25, 0.3) is 0 Å². The Bertz CT molecular complexity index is 656. The molecule has 2 N–H and O–H groups in total. The van der Waals surface area contributed by atoms with Gasteiger partial charge < -0.3 is 15.4 Å². The summed E-state index contributed by atoms with van der Waals surface area (Å²) < 4.78 is 5.14. The van der Waals surface area contributed by atoms with E-state index >= 15 is 0 Å². The monoisotopic (exact) mass is 285 g/mol. The highest BCUT2D eigenvalue weighted by atomic mass is 16.5. The van der Waals surface area contributed by atoms with Gasteiger partial charge in [-0.15, -0.1) is 0 Å². The summed E-state index contributed by atoms with van der Waals surface area (Å²) in [6.07, 6.45) is 3.03. The molecule has 0 aliphatic heterocycles. The van der Waals surface area contributed by atoms with Gasteiger partial charge >= 0.3 is 11.8 Å². The maximum absolute atomic E-state index is 11.9. The molecule has 2 amide bonds. The minimum absolute atomic E-state index is 0.448. The number of rotatable bonds is 3. The van der Waals surface area contributed by atoms with E-state index in [1.807, 2.05) is 13.0 Å². The maximum Gasteiger partial charge on any atom is 0.314 e. The van der Waals surface area contributed by atoms with Crippen LogP contribution < -0.4 is 15.4 Å². The van der Waals surface area contributed by atoms with Crippen LogP contribution in [0.4, 0.5) is 11.4 Å². The molecule has 6 heteroatoms. The summed E-state index contributed by atoms with van der Waals surface area (Å²) in [5.41, 5.74) is 1.84. The molecular weight excluding hydrogens is 270 g/mol. The summed E-state index contributed by atoms with van der Waals surface area (Å²) in [5, 5.41) is 4.99. The van der Waals surface area contributed by atoms with Crippen LogP contribution in [-0.4, -0.2) is 23.9 Å². The zero-order valence-corrected chi connectivity index (χ0v) is 11.7. The molecule has 0 unspecified atom stereocenters. The van der Waals surface area contributed by atoms with Crippen LogP contribution in [0.1, 0.15) is 5.56 Å². The minimum atomic E-state index is -0.775. The zero-order valence-electron chi connectivity index (χ0n) is 11.7. The van der Waals surface area contributed by atoms with Gasteiger partial charge in [0, 0.05) is 6.20 Å². The molecule has 0 atom stereocenters. The van der Waals surface area contributed by atoms with Crippen molar-refractivity contribution in [1.29, 1.82) is 0 Å². The molecule has 0 bridgehead atoms. The van der Waals surface area contributed by atoms with Crippen LogP contribution in [0.5, 0.6) is 5.75 Å². The average molecular weight is 285 g/mol. The lowest BCUT2D eigenvalue weighted by Crippen LogP contribution is -2.29. The van der Waals surface area contributed by atoms with E-state index in [0.717, 1.165) is 5.56 Å². The third kappa shape index (κ3) is 3.79. The summed E-state index contributed by atoms with van der Waals surface area (Å²) in [7, 11) is 1.50. The van der Waals surface area contributed by atoms with Gasteiger partial charge in [-0.05, 0) is 36.8 Å². The Morgan fingerprint density at radius 1 is 1.14 bits per heavy atom. The second kappa shape index (κ2) is 6.51. The van der Waals surface area contributed by atoms with Gasteiger partial charge in [0.05, 0.1) is 24.7 Å². The third-order valence-corrected chi connectivity index (χ3v) is 2.73. The molecule has 0 saturated carbocycles. The molecule has 108 valence electrons. The van der Waals surface area contributed by atoms with E-state index in [9.17, 15) is 9.59 Å². The van der Waals surface area contributed by atoms with E-state index in [0.29, 0.717) is 17.1 Å². The van der Waals surface area contributed by atoms with E-state index in [1.54, 1.807) is 30.5 Å². The summed E-state index contributed by atoms with van der Waals surface area (Å²) in [4.78, 5) is 27.6. The maximum atomic E-state index is 11.9. The molecule has 6 nitrogen and oxygen atoms in total. The van der Waals surface area contributed by atoms with E-state index < -0.39 is 11.8 Å². The molecule has 0 fully saturated rings. The number of carbonyl (C=O) groups excluding carboxylic acids is 2. The normalized spacial score (nSPS) is 9.81. The minimum Gasteiger partial charge on any atom is -0.495 e. The molecule has 2 aromatic rings. The number of methoxy groups -OCH3 is 1. The first-order valence-electron chi connectivity index (χ1n) is 6.27. The summed E-state index contributed by atoms with van der Waals surface area (Å²) in [6.45, 7) is 1.88. The van der Waals surface area contributed by atoms with Crippen molar-refractivity contribution >= 4 is 23.2 Å². The largest absolute Gasteiger partial charge is 0.495 e. The van der Waals surface area contributed by atoms with Gasteiger partial charge in [-0.1, -0.05) is 6.07 Å². The molecule has 21 heavy (non-hydrogen) atoms. The van der Waals surface area contributed by atoms with Crippen molar-refractivity contribution in [2.45, 2.75) is 6.92 Å². The fraction of sp³-hybridized carbons (Fsp3) is 0.133. The van der Waals surface area contributed by atoms with Crippen molar-refractivity contribution in [3.63, 3.8) is 0 Å². The highest BCUT2D eigenvalue weighted by Crippen LogP contribution is 2.25. The van der Waals surface area contributed by atoms with Gasteiger partial charge in [-0.2, -0.15) is 0 Å². The Hall–Kier alpha value is -2.89. The van der Waals surface area contributed by atoms with Crippen molar-refractivity contribution < 1.29 is 14.3 Å². The molecule has 0 aliphatic carbocycles. The molecule has 1 aromatic heterocycles. The topological polar surface area (TPSA) is 80.3 Å². The number of ether oxygens (including phenoxy) is 1. The number of nitrogens with one attached hydrogen (secondary N) is 2. The van der Waals surface area contributed by atoms with Crippen LogP contribution in [0, 0.1) is 6.92 Å². The molecule has 2 rings (SSSR count). The van der Waals surface area contributed by atoms with Crippen LogP contribution >= 0.6 is 0 Å². The van der Waals surface area contributed by atoms with E-state index in [1.165, 1.54) is 13.3 Å². The van der Waals surface area contributed by atoms with Crippen LogP contribution in [0.15, 0.2) is 42.7 Å². The number of benzene rings is 1. The van der Waals surface area contributed by atoms with Crippen LogP contribution in [0.25, 0.3) is 0 Å². The van der Waals surface area contributed by atoms with Crippen molar-refractivity contribution in [2.75, 3.05) is 17.7 Å². The zero-order chi connectivity index (χ0) is 15.2. The third-order valence-electron chi connectivity index (χ3n) is 2.73. The van der Waals surface area contributed by atoms with E-state index in [2.05, 4.69) is 15.6 Å². The second-order valence-corrected chi connectivity index (χ2v) is 4.35. The van der Waals surface area contributed by atoms with Crippen molar-refractivity contribution in [2.24, 2.45) is 0 Å².